The van der Waals surface area contributed by atoms with E-state index in [1.54, 1.807) is 12.1 Å². The predicted molar refractivity (Wildman–Crippen MR) is 122 cm³/mol. The highest BCUT2D eigenvalue weighted by Crippen LogP contribution is 2.47. The first kappa shape index (κ1) is 23.1. The Balaban J connectivity index is 1.44. The van der Waals surface area contributed by atoms with Gasteiger partial charge >= 0.3 is 12.1 Å². The number of aromatic hydroxyl groups is 1. The molecule has 0 fully saturated rings. The fourth-order valence-electron chi connectivity index (χ4n) is 4.93. The van der Waals surface area contributed by atoms with Crippen molar-refractivity contribution in [3.8, 4) is 28.4 Å². The number of hydrogen-bond donors (Lipinski definition) is 1. The van der Waals surface area contributed by atoms with Gasteiger partial charge in [-0.25, -0.2) is 0 Å². The Morgan fingerprint density at radius 1 is 1.09 bits per heavy atom. The fourth-order valence-corrected chi connectivity index (χ4v) is 4.93. The molecule has 0 unspecified atom stereocenters. The second-order valence-corrected chi connectivity index (χ2v) is 8.73. The predicted octanol–water partition coefficient (Wildman–Crippen LogP) is 6.18. The van der Waals surface area contributed by atoms with Crippen LogP contribution in [0, 0.1) is 0 Å². The van der Waals surface area contributed by atoms with Gasteiger partial charge in [0, 0.05) is 17.5 Å². The largest absolute Gasteiger partial charge is 0.508 e. The molecule has 0 saturated carbocycles. The molecule has 0 radical (unpaired) electrons. The van der Waals surface area contributed by atoms with Crippen LogP contribution in [-0.4, -0.2) is 24.8 Å². The highest BCUT2D eigenvalue weighted by atomic mass is 19.4. The van der Waals surface area contributed by atoms with Crippen molar-refractivity contribution in [3.63, 3.8) is 0 Å². The molecule has 182 valence electrons. The van der Waals surface area contributed by atoms with E-state index in [-0.39, 0.29) is 29.6 Å². The molecule has 1 N–H and O–H groups in total. The number of benzene rings is 3. The Morgan fingerprint density at radius 3 is 2.54 bits per heavy atom. The van der Waals surface area contributed by atoms with Gasteiger partial charge in [0.1, 0.15) is 23.4 Å². The van der Waals surface area contributed by atoms with Crippen molar-refractivity contribution in [2.45, 2.75) is 37.5 Å². The molecule has 35 heavy (non-hydrogen) atoms. The van der Waals surface area contributed by atoms with Gasteiger partial charge in [-0.05, 0) is 59.4 Å². The molecule has 2 aliphatic rings. The number of carbonyl (C=O) groups is 1. The van der Waals surface area contributed by atoms with E-state index >= 15 is 0 Å². The number of halogens is 3. The summed E-state index contributed by atoms with van der Waals surface area (Å²) < 4.78 is 58.3. The Labute approximate surface area is 200 Å². The van der Waals surface area contributed by atoms with Crippen LogP contribution in [0.5, 0.6) is 17.2 Å². The van der Waals surface area contributed by atoms with Gasteiger partial charge in [-0.1, -0.05) is 24.3 Å². The maximum Gasteiger partial charge on any atom is 0.417 e. The third-order valence-electron chi connectivity index (χ3n) is 6.60. The van der Waals surface area contributed by atoms with Crippen molar-refractivity contribution < 1.29 is 37.3 Å². The lowest BCUT2D eigenvalue weighted by Crippen LogP contribution is -2.10. The average molecular weight is 484 g/mol. The molecule has 1 aliphatic carbocycles. The van der Waals surface area contributed by atoms with Crippen LogP contribution < -0.4 is 9.47 Å². The van der Waals surface area contributed by atoms with Crippen molar-refractivity contribution in [3.05, 3.63) is 76.9 Å². The number of alkyl halides is 3. The number of esters is 1. The summed E-state index contributed by atoms with van der Waals surface area (Å²) in [6.45, 7) is 0.371. The van der Waals surface area contributed by atoms with Crippen molar-refractivity contribution >= 4 is 5.97 Å². The van der Waals surface area contributed by atoms with Crippen LogP contribution in [-0.2, 0) is 22.1 Å². The second-order valence-electron chi connectivity index (χ2n) is 8.73. The smallest absolute Gasteiger partial charge is 0.417 e. The summed E-state index contributed by atoms with van der Waals surface area (Å²) in [7, 11) is 1.35. The monoisotopic (exact) mass is 484 g/mol. The van der Waals surface area contributed by atoms with E-state index in [0.29, 0.717) is 47.6 Å². The van der Waals surface area contributed by atoms with Crippen LogP contribution in [0.4, 0.5) is 13.2 Å². The van der Waals surface area contributed by atoms with E-state index in [4.69, 9.17) is 14.2 Å². The van der Waals surface area contributed by atoms with E-state index in [2.05, 4.69) is 0 Å². The van der Waals surface area contributed by atoms with Gasteiger partial charge in [0.2, 0.25) is 0 Å². The molecule has 1 heterocycles. The summed E-state index contributed by atoms with van der Waals surface area (Å²) in [5.74, 6) is 0.770. The third-order valence-corrected chi connectivity index (χ3v) is 6.60. The van der Waals surface area contributed by atoms with Gasteiger partial charge in [0.05, 0.1) is 25.7 Å². The minimum atomic E-state index is -4.51. The quantitative estimate of drug-likeness (QED) is 0.438. The highest BCUT2D eigenvalue weighted by Gasteiger charge is 2.38. The zero-order valence-corrected chi connectivity index (χ0v) is 18.9. The molecule has 0 bridgehead atoms. The third kappa shape index (κ3) is 4.40. The minimum absolute atomic E-state index is 0.0104. The van der Waals surface area contributed by atoms with E-state index in [0.717, 1.165) is 11.6 Å². The van der Waals surface area contributed by atoms with E-state index in [9.17, 15) is 23.1 Å². The van der Waals surface area contributed by atoms with Crippen LogP contribution in [0.15, 0.2) is 54.6 Å². The minimum Gasteiger partial charge on any atom is -0.508 e. The molecule has 5 nitrogen and oxygen atoms in total. The highest BCUT2D eigenvalue weighted by molar-refractivity contribution is 5.75. The summed E-state index contributed by atoms with van der Waals surface area (Å²) in [6.07, 6.45) is -3.73. The molecule has 3 aromatic rings. The van der Waals surface area contributed by atoms with Gasteiger partial charge < -0.3 is 19.3 Å². The van der Waals surface area contributed by atoms with Gasteiger partial charge in [-0.2, -0.15) is 13.2 Å². The molecule has 0 amide bonds. The van der Waals surface area contributed by atoms with Crippen molar-refractivity contribution in [1.82, 2.24) is 0 Å². The lowest BCUT2D eigenvalue weighted by molar-refractivity contribution is -0.141. The van der Waals surface area contributed by atoms with Gasteiger partial charge in [-0.3, -0.25) is 4.79 Å². The Kier molecular flexibility index (Phi) is 5.83. The number of hydrogen-bond acceptors (Lipinski definition) is 5. The number of phenols is 1. The second kappa shape index (κ2) is 8.83. The summed E-state index contributed by atoms with van der Waals surface area (Å²) >= 11 is 0. The standard InChI is InChI=1S/C27H23F3O5/c1-33-25(32)12-16-14-34-24-13-18(6-7-19(16)24)35-23-11-9-21-20(23)8-10-22(27(28,29)30)26(21)15-2-4-17(31)5-3-15/h2-8,10,13,16,23,31H,9,11-12,14H2,1H3/t16-,23-/m1/s1. The van der Waals surface area contributed by atoms with Crippen molar-refractivity contribution in [2.75, 3.05) is 13.7 Å². The number of methoxy groups -OCH3 is 1. The number of fused-ring (bicyclic) bond motifs is 2. The first-order chi connectivity index (χ1) is 16.7. The number of rotatable bonds is 5. The van der Waals surface area contributed by atoms with Crippen LogP contribution in [0.2, 0.25) is 0 Å². The van der Waals surface area contributed by atoms with E-state index in [1.165, 1.54) is 37.4 Å². The first-order valence-electron chi connectivity index (χ1n) is 11.3. The van der Waals surface area contributed by atoms with Crippen LogP contribution in [0.25, 0.3) is 11.1 Å². The van der Waals surface area contributed by atoms with Crippen LogP contribution in [0.3, 0.4) is 0 Å². The van der Waals surface area contributed by atoms with Gasteiger partial charge in [0.25, 0.3) is 0 Å². The summed E-state index contributed by atoms with van der Waals surface area (Å²) in [6, 6.07) is 13.8. The maximum atomic E-state index is 13.9. The van der Waals surface area contributed by atoms with Crippen LogP contribution in [0.1, 0.15) is 47.1 Å². The van der Waals surface area contributed by atoms with Gasteiger partial charge in [-0.15, -0.1) is 0 Å². The van der Waals surface area contributed by atoms with Crippen molar-refractivity contribution in [2.24, 2.45) is 0 Å². The SMILES string of the molecule is COC(=O)C[C@@H]1COc2cc(O[C@@H]3CCc4c3ccc(C(F)(F)F)c4-c3ccc(O)cc3)ccc21. The zero-order valence-electron chi connectivity index (χ0n) is 18.9. The molecule has 1 aliphatic heterocycles. The maximum absolute atomic E-state index is 13.9. The Morgan fingerprint density at radius 2 is 1.83 bits per heavy atom. The summed E-state index contributed by atoms with van der Waals surface area (Å²) in [4.78, 5) is 11.6. The molecule has 5 rings (SSSR count). The topological polar surface area (TPSA) is 65.0 Å². The van der Waals surface area contributed by atoms with Gasteiger partial charge in [0.15, 0.2) is 0 Å². The molecule has 3 aromatic carbocycles. The summed E-state index contributed by atoms with van der Waals surface area (Å²) in [5.41, 5.74) is 2.04. The molecular formula is C27H23F3O5. The number of carbonyl (C=O) groups excluding carboxylic acids is 1. The molecule has 0 aromatic heterocycles. The van der Waals surface area contributed by atoms with Crippen LogP contribution >= 0.6 is 0 Å². The number of phenolic OH excluding ortho intramolecular Hbond substituents is 1. The van der Waals surface area contributed by atoms with E-state index in [1.807, 2.05) is 6.07 Å². The molecule has 2 atom stereocenters. The average Bonchev–Trinajstić information content (AvgIpc) is 3.42. The lowest BCUT2D eigenvalue weighted by Gasteiger charge is -2.20. The van der Waals surface area contributed by atoms with E-state index < -0.39 is 17.8 Å². The Bertz CT molecular complexity index is 1270. The fraction of sp³-hybridized carbons (Fsp3) is 0.296. The van der Waals surface area contributed by atoms with Crippen molar-refractivity contribution in [1.29, 1.82) is 0 Å². The zero-order chi connectivity index (χ0) is 24.7. The molecule has 0 spiro atoms. The normalized spacial score (nSPS) is 18.5. The molecule has 8 heteroatoms. The first-order valence-corrected chi connectivity index (χ1v) is 11.3. The lowest BCUT2D eigenvalue weighted by atomic mass is 9.91. The molecular weight excluding hydrogens is 461 g/mol. The Hall–Kier alpha value is -3.68. The number of ether oxygens (including phenoxy) is 3. The molecule has 0 saturated heterocycles. The summed E-state index contributed by atoms with van der Waals surface area (Å²) in [5, 5.41) is 9.60.